The largest absolute Gasteiger partial charge is 0.381 e. The van der Waals surface area contributed by atoms with Crippen molar-refractivity contribution in [3.63, 3.8) is 0 Å². The molecule has 1 saturated heterocycles. The molecule has 4 heterocycles. The van der Waals surface area contributed by atoms with E-state index in [0.717, 1.165) is 24.2 Å². The molecule has 1 amide bonds. The lowest BCUT2D eigenvalue weighted by atomic mass is 10.0. The van der Waals surface area contributed by atoms with Crippen LogP contribution in [0, 0.1) is 0 Å². The molecule has 4 rings (SSSR count). The molecule has 0 aliphatic carbocycles. The highest BCUT2D eigenvalue weighted by Gasteiger charge is 2.25. The summed E-state index contributed by atoms with van der Waals surface area (Å²) in [6.07, 6.45) is 3.22. The maximum Gasteiger partial charge on any atom is 0.257 e. The van der Waals surface area contributed by atoms with E-state index < -0.39 is 6.17 Å². The van der Waals surface area contributed by atoms with Gasteiger partial charge in [0.1, 0.15) is 17.8 Å². The van der Waals surface area contributed by atoms with Crippen LogP contribution in [0.5, 0.6) is 0 Å². The van der Waals surface area contributed by atoms with Crippen molar-refractivity contribution in [1.82, 2.24) is 9.97 Å². The fourth-order valence-corrected chi connectivity index (χ4v) is 3.78. The van der Waals surface area contributed by atoms with Crippen molar-refractivity contribution in [1.29, 1.82) is 0 Å². The molecule has 8 heteroatoms. The second-order valence-electron chi connectivity index (χ2n) is 7.07. The van der Waals surface area contributed by atoms with Gasteiger partial charge < -0.3 is 15.0 Å². The third-order valence-corrected chi connectivity index (χ3v) is 5.30. The summed E-state index contributed by atoms with van der Waals surface area (Å²) in [6, 6.07) is 5.10. The average Bonchev–Trinajstić information content (AvgIpc) is 2.94. The number of carbonyl (C=O) groups excluding carboxylic acids is 1. The number of anilines is 2. The Hall–Kier alpha value is -2.25. The number of pyridine rings is 2. The van der Waals surface area contributed by atoms with E-state index in [1.807, 2.05) is 4.90 Å². The van der Waals surface area contributed by atoms with E-state index in [2.05, 4.69) is 10.3 Å². The molecule has 0 radical (unpaired) electrons. The van der Waals surface area contributed by atoms with Crippen molar-refractivity contribution in [2.75, 3.05) is 36.5 Å². The number of fused-ring (bicyclic) bond motifs is 1. The molecule has 0 spiro atoms. The summed E-state index contributed by atoms with van der Waals surface area (Å²) in [6.45, 7) is 2.16. The van der Waals surface area contributed by atoms with Crippen molar-refractivity contribution in [2.45, 2.75) is 31.9 Å². The van der Waals surface area contributed by atoms with Gasteiger partial charge in [-0.15, -0.1) is 0 Å². The van der Waals surface area contributed by atoms with Gasteiger partial charge in [0.2, 0.25) is 0 Å². The second-order valence-corrected chi connectivity index (χ2v) is 7.50. The maximum absolute atomic E-state index is 13.9. The topological polar surface area (TPSA) is 67.4 Å². The smallest absolute Gasteiger partial charge is 0.257 e. The molecule has 2 aromatic heterocycles. The lowest BCUT2D eigenvalue weighted by Gasteiger charge is -2.31. The normalized spacial score (nSPS) is 19.6. The monoisotopic (exact) mass is 404 g/mol. The fourth-order valence-electron chi connectivity index (χ4n) is 3.67. The molecule has 6 nitrogen and oxygen atoms in total. The summed E-state index contributed by atoms with van der Waals surface area (Å²) in [7, 11) is 0. The van der Waals surface area contributed by atoms with Gasteiger partial charge in [-0.1, -0.05) is 11.6 Å². The molecule has 1 N–H and O–H groups in total. The van der Waals surface area contributed by atoms with Crippen LogP contribution in [0.15, 0.2) is 24.4 Å². The van der Waals surface area contributed by atoms with Crippen LogP contribution in [0.1, 0.15) is 34.5 Å². The summed E-state index contributed by atoms with van der Waals surface area (Å²) < 4.78 is 19.5. The summed E-state index contributed by atoms with van der Waals surface area (Å²) >= 11 is 5.86. The van der Waals surface area contributed by atoms with E-state index in [1.54, 1.807) is 18.2 Å². The number of aromatic nitrogens is 2. The molecule has 148 valence electrons. The lowest BCUT2D eigenvalue weighted by Crippen LogP contribution is -2.37. The van der Waals surface area contributed by atoms with E-state index in [4.69, 9.17) is 21.3 Å². The molecule has 0 saturated carbocycles. The summed E-state index contributed by atoms with van der Waals surface area (Å²) in [5, 5.41) is 3.33. The third-order valence-electron chi connectivity index (χ3n) is 5.08. The van der Waals surface area contributed by atoms with Crippen molar-refractivity contribution in [3.05, 3.63) is 46.2 Å². The first kappa shape index (κ1) is 19.1. The SMILES string of the molecule is O=C(Nc1ccc(Cl)cn1)c1cc(N2CCC[C@H](F)C2)nc2c1CCOCC2. The van der Waals surface area contributed by atoms with Crippen LogP contribution >= 0.6 is 11.6 Å². The molecule has 2 aliphatic heterocycles. The molecule has 28 heavy (non-hydrogen) atoms. The Kier molecular flexibility index (Phi) is 5.73. The Labute approximate surface area is 168 Å². The molecule has 2 aliphatic rings. The highest BCUT2D eigenvalue weighted by molar-refractivity contribution is 6.30. The highest BCUT2D eigenvalue weighted by Crippen LogP contribution is 2.27. The minimum atomic E-state index is -0.867. The van der Waals surface area contributed by atoms with Gasteiger partial charge in [-0.3, -0.25) is 4.79 Å². The average molecular weight is 405 g/mol. The van der Waals surface area contributed by atoms with Crippen LogP contribution in [0.3, 0.4) is 0 Å². The number of nitrogens with one attached hydrogen (secondary N) is 1. The number of halogens is 2. The molecule has 1 fully saturated rings. The Bertz CT molecular complexity index is 862. The summed E-state index contributed by atoms with van der Waals surface area (Å²) in [5.74, 6) is 0.816. The molecular formula is C20H22ClFN4O2. The molecular weight excluding hydrogens is 383 g/mol. The number of rotatable bonds is 3. The maximum atomic E-state index is 13.9. The van der Waals surface area contributed by atoms with Crippen LogP contribution < -0.4 is 10.2 Å². The van der Waals surface area contributed by atoms with Crippen LogP contribution in [0.4, 0.5) is 16.0 Å². The summed E-state index contributed by atoms with van der Waals surface area (Å²) in [5.41, 5.74) is 2.29. The zero-order chi connectivity index (χ0) is 19.5. The van der Waals surface area contributed by atoms with Crippen LogP contribution in [-0.2, 0) is 17.6 Å². The number of hydrogen-bond donors (Lipinski definition) is 1. The second kappa shape index (κ2) is 8.41. The van der Waals surface area contributed by atoms with E-state index in [-0.39, 0.29) is 5.91 Å². The van der Waals surface area contributed by atoms with Crippen LogP contribution in [0.2, 0.25) is 5.02 Å². The van der Waals surface area contributed by atoms with Gasteiger partial charge in [0, 0.05) is 30.4 Å². The Morgan fingerprint density at radius 2 is 2.18 bits per heavy atom. The highest BCUT2D eigenvalue weighted by atomic mass is 35.5. The van der Waals surface area contributed by atoms with Gasteiger partial charge in [-0.25, -0.2) is 14.4 Å². The number of piperidine rings is 1. The number of amides is 1. The van der Waals surface area contributed by atoms with Crippen molar-refractivity contribution in [2.24, 2.45) is 0 Å². The van der Waals surface area contributed by atoms with E-state index >= 15 is 0 Å². The number of alkyl halides is 1. The van der Waals surface area contributed by atoms with Crippen LogP contribution in [-0.4, -0.2) is 48.4 Å². The van der Waals surface area contributed by atoms with Gasteiger partial charge in [0.25, 0.3) is 5.91 Å². The van der Waals surface area contributed by atoms with Gasteiger partial charge >= 0.3 is 0 Å². The first-order valence-electron chi connectivity index (χ1n) is 9.52. The minimum absolute atomic E-state index is 0.259. The first-order valence-corrected chi connectivity index (χ1v) is 9.90. The fraction of sp³-hybridized carbons (Fsp3) is 0.450. The molecule has 1 atom stereocenters. The molecule has 0 unspecified atom stereocenters. The zero-order valence-corrected chi connectivity index (χ0v) is 16.2. The van der Waals surface area contributed by atoms with Gasteiger partial charge in [0.15, 0.2) is 0 Å². The van der Waals surface area contributed by atoms with E-state index in [9.17, 15) is 9.18 Å². The van der Waals surface area contributed by atoms with Crippen molar-refractivity contribution in [3.8, 4) is 0 Å². The van der Waals surface area contributed by atoms with E-state index in [0.29, 0.717) is 61.2 Å². The molecule has 2 aromatic rings. The number of nitrogens with zero attached hydrogens (tertiary/aromatic N) is 3. The Balaban J connectivity index is 1.68. The Morgan fingerprint density at radius 3 is 2.96 bits per heavy atom. The minimum Gasteiger partial charge on any atom is -0.381 e. The number of carbonyl (C=O) groups is 1. The third kappa shape index (κ3) is 4.25. The summed E-state index contributed by atoms with van der Waals surface area (Å²) in [4.78, 5) is 23.9. The predicted octanol–water partition coefficient (Wildman–Crippen LogP) is 3.44. The van der Waals surface area contributed by atoms with Gasteiger partial charge in [-0.2, -0.15) is 0 Å². The lowest BCUT2D eigenvalue weighted by molar-refractivity contribution is 0.102. The van der Waals surface area contributed by atoms with Crippen LogP contribution in [0.25, 0.3) is 0 Å². The molecule has 0 bridgehead atoms. The first-order chi connectivity index (χ1) is 13.6. The van der Waals surface area contributed by atoms with Crippen molar-refractivity contribution < 1.29 is 13.9 Å². The number of ether oxygens (including phenoxy) is 1. The standard InChI is InChI=1S/C20H22ClFN4O2/c21-13-3-4-18(23-11-13)25-20(27)16-10-19(26-7-1-2-14(22)12-26)24-17-6-9-28-8-5-15(16)17/h3-4,10-11,14H,1-2,5-9,12H2,(H,23,25,27)/t14-/m0/s1. The quantitative estimate of drug-likeness (QED) is 0.848. The number of hydrogen-bond acceptors (Lipinski definition) is 5. The van der Waals surface area contributed by atoms with Gasteiger partial charge in [-0.05, 0) is 43.0 Å². The molecule has 0 aromatic carbocycles. The van der Waals surface area contributed by atoms with E-state index in [1.165, 1.54) is 6.20 Å². The zero-order valence-electron chi connectivity index (χ0n) is 15.5. The van der Waals surface area contributed by atoms with Gasteiger partial charge in [0.05, 0.1) is 24.8 Å². The predicted molar refractivity (Wildman–Crippen MR) is 106 cm³/mol. The van der Waals surface area contributed by atoms with Crippen molar-refractivity contribution >= 4 is 29.1 Å². The Morgan fingerprint density at radius 1 is 1.32 bits per heavy atom.